The Hall–Kier alpha value is -3.53. The van der Waals surface area contributed by atoms with Gasteiger partial charge in [-0.3, -0.25) is 0 Å². The fraction of sp³-hybridized carbons (Fsp3) is 0.310. The third kappa shape index (κ3) is 5.26. The number of thiol groups is 1. The normalized spacial score (nSPS) is 20.4. The van der Waals surface area contributed by atoms with Gasteiger partial charge in [-0.1, -0.05) is 78.4 Å². The quantitative estimate of drug-likeness (QED) is 0.120. The van der Waals surface area contributed by atoms with Crippen LogP contribution in [0.3, 0.4) is 0 Å². The van der Waals surface area contributed by atoms with Crippen LogP contribution >= 0.6 is 24.2 Å². The van der Waals surface area contributed by atoms with Gasteiger partial charge in [0.05, 0.1) is 10.8 Å². The highest BCUT2D eigenvalue weighted by Crippen LogP contribution is 2.49. The van der Waals surface area contributed by atoms with Crippen molar-refractivity contribution in [3.8, 4) is 5.75 Å². The Morgan fingerprint density at radius 1 is 0.783 bits per heavy atom. The van der Waals surface area contributed by atoms with Crippen LogP contribution in [0.25, 0.3) is 21.5 Å². The van der Waals surface area contributed by atoms with Crippen LogP contribution in [0, 0.1) is 0 Å². The lowest BCUT2D eigenvalue weighted by atomic mass is 9.78. The number of fused-ring (bicyclic) bond motifs is 6. The lowest BCUT2D eigenvalue weighted by molar-refractivity contribution is -0.438. The number of ether oxygens (including phenoxy) is 1. The minimum atomic E-state index is -0.235. The Balaban J connectivity index is 1.22. The maximum Gasteiger partial charge on any atom is 0.210 e. The van der Waals surface area contributed by atoms with E-state index >= 15 is 0 Å². The van der Waals surface area contributed by atoms with Crippen LogP contribution < -0.4 is 4.74 Å². The van der Waals surface area contributed by atoms with E-state index in [0.717, 1.165) is 60.9 Å². The second-order valence-corrected chi connectivity index (χ2v) is 14.7. The van der Waals surface area contributed by atoms with Crippen LogP contribution in [0.15, 0.2) is 119 Å². The molecule has 4 heteroatoms. The van der Waals surface area contributed by atoms with E-state index in [4.69, 9.17) is 16.3 Å². The highest BCUT2D eigenvalue weighted by atomic mass is 35.5. The molecule has 0 aromatic heterocycles. The summed E-state index contributed by atoms with van der Waals surface area (Å²) in [5, 5.41) is 6.01. The third-order valence-corrected chi connectivity index (χ3v) is 11.0. The molecule has 0 saturated carbocycles. The predicted octanol–water partition coefficient (Wildman–Crippen LogP) is 11.5. The molecule has 0 fully saturated rings. The Kier molecular flexibility index (Phi) is 8.28. The minimum Gasteiger partial charge on any atom is -0.460 e. The Morgan fingerprint density at radius 2 is 1.48 bits per heavy atom. The predicted molar refractivity (Wildman–Crippen MR) is 199 cm³/mol. The Bertz CT molecular complexity index is 2020. The van der Waals surface area contributed by atoms with Crippen molar-refractivity contribution >= 4 is 57.2 Å². The molecule has 4 aromatic rings. The maximum atomic E-state index is 7.19. The topological polar surface area (TPSA) is 12.2 Å². The number of benzene rings is 4. The first-order valence-corrected chi connectivity index (χ1v) is 17.7. The molecular weight excluding hydrogens is 602 g/mol. The molecule has 3 aliphatic rings. The zero-order valence-corrected chi connectivity index (χ0v) is 29.0. The number of unbranched alkanes of at least 4 members (excludes halogenated alkanes) is 1. The molecule has 2 aliphatic heterocycles. The number of hydrogen-bond donors (Lipinski definition) is 1. The number of hydrogen-bond acceptors (Lipinski definition) is 2. The maximum absolute atomic E-state index is 7.19. The zero-order valence-electron chi connectivity index (χ0n) is 27.4. The van der Waals surface area contributed by atoms with Crippen LogP contribution in [-0.2, 0) is 10.8 Å². The molecule has 0 atom stereocenters. The van der Waals surface area contributed by atoms with E-state index in [1.165, 1.54) is 55.2 Å². The number of nitrogens with zero attached hydrogens (tertiary/aromatic N) is 1. The van der Waals surface area contributed by atoms with E-state index in [1.807, 2.05) is 0 Å². The van der Waals surface area contributed by atoms with Crippen molar-refractivity contribution in [3.63, 3.8) is 0 Å². The molecule has 0 radical (unpaired) electrons. The highest BCUT2D eigenvalue weighted by molar-refractivity contribution is 7.80. The summed E-state index contributed by atoms with van der Waals surface area (Å²) in [6, 6.07) is 26.2. The molecule has 1 aliphatic carbocycles. The van der Waals surface area contributed by atoms with Gasteiger partial charge in [-0.15, -0.1) is 0 Å². The average molecular weight is 645 g/mol. The van der Waals surface area contributed by atoms with Crippen molar-refractivity contribution < 1.29 is 9.31 Å². The highest BCUT2D eigenvalue weighted by Gasteiger charge is 2.45. The lowest BCUT2D eigenvalue weighted by Crippen LogP contribution is -2.28. The molecule has 0 unspecified atom stereocenters. The van der Waals surface area contributed by atoms with E-state index in [9.17, 15) is 0 Å². The fourth-order valence-electron chi connectivity index (χ4n) is 7.81. The standard InChI is InChI=1S/C42H42ClNOS/c1-41(2)36(44(26-9-10-27-46)34-22-18-28-12-5-7-16-32(28)38(34)41)24-20-30-14-11-15-31(40(30)43)21-25-37-42(3,4)39-33-17-8-6-13-29(33)19-23-35(39)45-37/h5-8,12-13,16-25H,9-11,14-15,26-27H2,1-4H3/p+1/b24-20+,31-21+,37-25+. The summed E-state index contributed by atoms with van der Waals surface area (Å²) in [5.74, 6) is 2.82. The van der Waals surface area contributed by atoms with Crippen LogP contribution in [-0.4, -0.2) is 22.6 Å². The van der Waals surface area contributed by atoms with Gasteiger partial charge >= 0.3 is 0 Å². The molecule has 0 amide bonds. The molecule has 2 heterocycles. The number of allylic oxidation sites excluding steroid dienone is 8. The van der Waals surface area contributed by atoms with Crippen molar-refractivity contribution in [1.82, 2.24) is 0 Å². The Morgan fingerprint density at radius 3 is 2.22 bits per heavy atom. The summed E-state index contributed by atoms with van der Waals surface area (Å²) in [6.07, 6.45) is 14.2. The van der Waals surface area contributed by atoms with Crippen molar-refractivity contribution in [2.24, 2.45) is 0 Å². The largest absolute Gasteiger partial charge is 0.460 e. The molecule has 7 rings (SSSR count). The third-order valence-electron chi connectivity index (χ3n) is 10.2. The van der Waals surface area contributed by atoms with Crippen molar-refractivity contribution in [2.75, 3.05) is 12.3 Å². The van der Waals surface area contributed by atoms with E-state index < -0.39 is 0 Å². The monoisotopic (exact) mass is 644 g/mol. The van der Waals surface area contributed by atoms with Crippen molar-refractivity contribution in [2.45, 2.75) is 70.6 Å². The number of rotatable bonds is 7. The first-order chi connectivity index (χ1) is 22.2. The van der Waals surface area contributed by atoms with Crippen molar-refractivity contribution in [3.05, 3.63) is 130 Å². The van der Waals surface area contributed by atoms with Gasteiger partial charge in [-0.25, -0.2) is 0 Å². The van der Waals surface area contributed by atoms with E-state index in [1.54, 1.807) is 0 Å². The van der Waals surface area contributed by atoms with E-state index in [0.29, 0.717) is 0 Å². The van der Waals surface area contributed by atoms with Gasteiger partial charge in [0.1, 0.15) is 18.1 Å². The van der Waals surface area contributed by atoms with Gasteiger partial charge in [0.25, 0.3) is 0 Å². The van der Waals surface area contributed by atoms with Gasteiger partial charge in [-0.05, 0) is 110 Å². The number of halogens is 1. The lowest BCUT2D eigenvalue weighted by Gasteiger charge is -2.20. The summed E-state index contributed by atoms with van der Waals surface area (Å²) in [5.41, 5.74) is 7.34. The van der Waals surface area contributed by atoms with Gasteiger partial charge in [0.2, 0.25) is 5.69 Å². The summed E-state index contributed by atoms with van der Waals surface area (Å²) in [6.45, 7) is 10.2. The molecule has 234 valence electrons. The SMILES string of the molecule is CC1(C)C(/C=C/C2=C(Cl)C(=C/C=C3/Oc4ccc5ccccc5c4C3(C)C)/CCC2)=[N+](CCCCS)c2ccc3ccccc3c21. The van der Waals surface area contributed by atoms with E-state index in [-0.39, 0.29) is 10.8 Å². The van der Waals surface area contributed by atoms with Gasteiger partial charge in [-0.2, -0.15) is 17.2 Å². The van der Waals surface area contributed by atoms with Crippen LogP contribution in [0.4, 0.5) is 5.69 Å². The van der Waals surface area contributed by atoms with Crippen LogP contribution in [0.1, 0.15) is 70.9 Å². The minimum absolute atomic E-state index is 0.136. The second kappa shape index (κ2) is 12.2. The Labute approximate surface area is 284 Å². The summed E-state index contributed by atoms with van der Waals surface area (Å²) >= 11 is 11.7. The van der Waals surface area contributed by atoms with E-state index in [2.05, 4.69) is 142 Å². The van der Waals surface area contributed by atoms with Gasteiger partial charge < -0.3 is 4.74 Å². The summed E-state index contributed by atoms with van der Waals surface area (Å²) in [4.78, 5) is 0. The molecular formula is C42H43ClNOS+. The first-order valence-electron chi connectivity index (χ1n) is 16.7. The van der Waals surface area contributed by atoms with Gasteiger partial charge in [0, 0.05) is 34.7 Å². The summed E-state index contributed by atoms with van der Waals surface area (Å²) in [7, 11) is 0. The molecule has 4 aromatic carbocycles. The average Bonchev–Trinajstić information content (AvgIpc) is 3.45. The van der Waals surface area contributed by atoms with Crippen molar-refractivity contribution in [1.29, 1.82) is 0 Å². The zero-order chi connectivity index (χ0) is 32.1. The second-order valence-electron chi connectivity index (χ2n) is 13.9. The molecule has 0 spiro atoms. The molecule has 0 bridgehead atoms. The first kappa shape index (κ1) is 31.1. The molecule has 2 nitrogen and oxygen atoms in total. The smallest absolute Gasteiger partial charge is 0.210 e. The van der Waals surface area contributed by atoms with Crippen LogP contribution in [0.5, 0.6) is 5.75 Å². The summed E-state index contributed by atoms with van der Waals surface area (Å²) < 4.78 is 9.01. The van der Waals surface area contributed by atoms with Gasteiger partial charge in [0.15, 0.2) is 5.71 Å². The molecule has 0 saturated heterocycles. The molecule has 46 heavy (non-hydrogen) atoms. The molecule has 0 N–H and O–H groups in total. The fourth-order valence-corrected chi connectivity index (χ4v) is 8.35. The van der Waals surface area contributed by atoms with Crippen LogP contribution in [0.2, 0.25) is 0 Å².